The molecule has 1 nitrogen and oxygen atoms in total. The van der Waals surface area contributed by atoms with Gasteiger partial charge in [0.25, 0.3) is 0 Å². The molecular weight excluding hydrogens is 478 g/mol. The number of anilines is 3. The Balaban J connectivity index is 1.44. The highest BCUT2D eigenvalue weighted by molar-refractivity contribution is 7.25. The monoisotopic (exact) mass is 501 g/mol. The van der Waals surface area contributed by atoms with Crippen molar-refractivity contribution in [2.75, 3.05) is 4.90 Å². The third kappa shape index (κ3) is 3.24. The van der Waals surface area contributed by atoms with Gasteiger partial charge in [-0.3, -0.25) is 0 Å². The standard InChI is InChI=1S/C36H23NS/c1-2-10-26(11-3-1)37(27-20-22-35-32(23-27)30-13-6-7-16-34(30)38-35)33-15-8-14-31-29(33)21-19-25-18-17-24-9-4-5-12-28(24)36(25)31/h1-23H. The number of hydrogen-bond donors (Lipinski definition) is 0. The van der Waals surface area contributed by atoms with Gasteiger partial charge in [0.05, 0.1) is 5.69 Å². The first kappa shape index (κ1) is 21.4. The van der Waals surface area contributed by atoms with Crippen molar-refractivity contribution in [3.63, 3.8) is 0 Å². The van der Waals surface area contributed by atoms with Crippen molar-refractivity contribution in [1.82, 2.24) is 0 Å². The molecule has 0 unspecified atom stereocenters. The van der Waals surface area contributed by atoms with Crippen LogP contribution in [0.1, 0.15) is 0 Å². The SMILES string of the molecule is c1ccc(N(c2ccc3sc4ccccc4c3c2)c2cccc3c2ccc2ccc4ccccc4c23)cc1. The van der Waals surface area contributed by atoms with Gasteiger partial charge in [-0.1, -0.05) is 97.1 Å². The number of benzene rings is 7. The van der Waals surface area contributed by atoms with E-state index in [1.807, 2.05) is 11.3 Å². The molecule has 1 aromatic heterocycles. The molecule has 7 aromatic carbocycles. The van der Waals surface area contributed by atoms with Crippen molar-refractivity contribution in [3.05, 3.63) is 140 Å². The van der Waals surface area contributed by atoms with E-state index in [0.717, 1.165) is 11.4 Å². The minimum Gasteiger partial charge on any atom is -0.310 e. The Morgan fingerprint density at radius 2 is 1.11 bits per heavy atom. The number of thiophene rings is 1. The second kappa shape index (κ2) is 8.44. The van der Waals surface area contributed by atoms with Crippen LogP contribution in [0.25, 0.3) is 52.5 Å². The fourth-order valence-electron chi connectivity index (χ4n) is 5.90. The fraction of sp³-hybridized carbons (Fsp3) is 0. The molecule has 0 radical (unpaired) electrons. The Labute approximate surface area is 224 Å². The van der Waals surface area contributed by atoms with E-state index in [1.54, 1.807) is 0 Å². The molecule has 0 atom stereocenters. The van der Waals surface area contributed by atoms with Gasteiger partial charge < -0.3 is 4.90 Å². The van der Waals surface area contributed by atoms with Gasteiger partial charge in [0.2, 0.25) is 0 Å². The summed E-state index contributed by atoms with van der Waals surface area (Å²) in [6.45, 7) is 0. The summed E-state index contributed by atoms with van der Waals surface area (Å²) >= 11 is 1.86. The molecule has 0 saturated heterocycles. The van der Waals surface area contributed by atoms with Gasteiger partial charge in [0.1, 0.15) is 0 Å². The maximum atomic E-state index is 2.41. The summed E-state index contributed by atoms with van der Waals surface area (Å²) < 4.78 is 2.65. The average Bonchev–Trinajstić information content (AvgIpc) is 3.36. The Morgan fingerprint density at radius 3 is 2.03 bits per heavy atom. The molecule has 0 N–H and O–H groups in total. The zero-order valence-corrected chi connectivity index (χ0v) is 21.5. The summed E-state index contributed by atoms with van der Waals surface area (Å²) in [5.74, 6) is 0. The lowest BCUT2D eigenvalue weighted by molar-refractivity contribution is 1.31. The molecule has 1 heterocycles. The largest absolute Gasteiger partial charge is 0.310 e. The maximum Gasteiger partial charge on any atom is 0.0540 e. The van der Waals surface area contributed by atoms with Crippen LogP contribution < -0.4 is 4.90 Å². The average molecular weight is 502 g/mol. The third-order valence-corrected chi connectivity index (χ3v) is 8.77. The quantitative estimate of drug-likeness (QED) is 0.218. The van der Waals surface area contributed by atoms with E-state index < -0.39 is 0 Å². The molecule has 8 aromatic rings. The molecule has 0 saturated carbocycles. The summed E-state index contributed by atoms with van der Waals surface area (Å²) in [4.78, 5) is 2.41. The van der Waals surface area contributed by atoms with Gasteiger partial charge in [-0.15, -0.1) is 11.3 Å². The maximum absolute atomic E-state index is 2.41. The molecule has 0 aliphatic heterocycles. The summed E-state index contributed by atoms with van der Waals surface area (Å²) in [7, 11) is 0. The normalized spacial score (nSPS) is 11.7. The fourth-order valence-corrected chi connectivity index (χ4v) is 6.99. The molecule has 0 aliphatic carbocycles. The number of hydrogen-bond acceptors (Lipinski definition) is 2. The third-order valence-electron chi connectivity index (χ3n) is 7.62. The number of para-hydroxylation sites is 1. The van der Waals surface area contributed by atoms with Crippen LogP contribution in [0.4, 0.5) is 17.1 Å². The minimum absolute atomic E-state index is 1.15. The van der Waals surface area contributed by atoms with Crippen LogP contribution in [-0.4, -0.2) is 0 Å². The summed E-state index contributed by atoms with van der Waals surface area (Å²) in [5, 5.41) is 10.3. The molecule has 0 bridgehead atoms. The highest BCUT2D eigenvalue weighted by Crippen LogP contribution is 2.44. The summed E-state index contributed by atoms with van der Waals surface area (Å²) in [6.07, 6.45) is 0. The molecule has 0 amide bonds. The Bertz CT molecular complexity index is 2140. The van der Waals surface area contributed by atoms with Crippen molar-refractivity contribution in [2.45, 2.75) is 0 Å². The number of nitrogens with zero attached hydrogens (tertiary/aromatic N) is 1. The van der Waals surface area contributed by atoms with Crippen LogP contribution in [-0.2, 0) is 0 Å². The highest BCUT2D eigenvalue weighted by atomic mass is 32.1. The van der Waals surface area contributed by atoms with Gasteiger partial charge >= 0.3 is 0 Å². The van der Waals surface area contributed by atoms with Gasteiger partial charge in [-0.05, 0) is 69.4 Å². The molecular formula is C36H23NS. The van der Waals surface area contributed by atoms with Crippen LogP contribution in [0.3, 0.4) is 0 Å². The molecule has 0 spiro atoms. The summed E-state index contributed by atoms with van der Waals surface area (Å²) in [5.41, 5.74) is 3.50. The smallest absolute Gasteiger partial charge is 0.0540 e. The topological polar surface area (TPSA) is 3.24 Å². The van der Waals surface area contributed by atoms with E-state index in [2.05, 4.69) is 144 Å². The Kier molecular flexibility index (Phi) is 4.76. The predicted octanol–water partition coefficient (Wildman–Crippen LogP) is 11.0. The van der Waals surface area contributed by atoms with Gasteiger partial charge in [0.15, 0.2) is 0 Å². The van der Waals surface area contributed by atoms with Gasteiger partial charge in [0, 0.05) is 36.9 Å². The van der Waals surface area contributed by atoms with Crippen molar-refractivity contribution in [3.8, 4) is 0 Å². The van der Waals surface area contributed by atoms with Crippen LogP contribution in [0.15, 0.2) is 140 Å². The van der Waals surface area contributed by atoms with Crippen LogP contribution in [0.5, 0.6) is 0 Å². The molecule has 0 aliphatic rings. The lowest BCUT2D eigenvalue weighted by Crippen LogP contribution is -2.10. The molecule has 8 rings (SSSR count). The highest BCUT2D eigenvalue weighted by Gasteiger charge is 2.18. The zero-order chi connectivity index (χ0) is 25.1. The van der Waals surface area contributed by atoms with E-state index in [0.29, 0.717) is 0 Å². The molecule has 178 valence electrons. The van der Waals surface area contributed by atoms with Gasteiger partial charge in [-0.2, -0.15) is 0 Å². The first-order valence-corrected chi connectivity index (χ1v) is 13.8. The molecule has 2 heteroatoms. The zero-order valence-electron chi connectivity index (χ0n) is 20.6. The lowest BCUT2D eigenvalue weighted by atomic mass is 9.95. The van der Waals surface area contributed by atoms with Crippen molar-refractivity contribution < 1.29 is 0 Å². The van der Waals surface area contributed by atoms with E-state index in [4.69, 9.17) is 0 Å². The molecule has 0 fully saturated rings. The van der Waals surface area contributed by atoms with Crippen LogP contribution >= 0.6 is 11.3 Å². The van der Waals surface area contributed by atoms with Crippen molar-refractivity contribution in [1.29, 1.82) is 0 Å². The van der Waals surface area contributed by atoms with E-state index >= 15 is 0 Å². The van der Waals surface area contributed by atoms with E-state index in [-0.39, 0.29) is 0 Å². The second-order valence-corrected chi connectivity index (χ2v) is 10.9. The van der Waals surface area contributed by atoms with Crippen molar-refractivity contribution in [2.24, 2.45) is 0 Å². The predicted molar refractivity (Wildman–Crippen MR) is 167 cm³/mol. The lowest BCUT2D eigenvalue weighted by Gasteiger charge is -2.27. The summed E-state index contributed by atoms with van der Waals surface area (Å²) in [6, 6.07) is 50.8. The second-order valence-electron chi connectivity index (χ2n) is 9.77. The van der Waals surface area contributed by atoms with E-state index in [1.165, 1.54) is 58.2 Å². The minimum atomic E-state index is 1.15. The number of rotatable bonds is 3. The van der Waals surface area contributed by atoms with Crippen LogP contribution in [0.2, 0.25) is 0 Å². The van der Waals surface area contributed by atoms with Gasteiger partial charge in [-0.25, -0.2) is 0 Å². The first-order valence-electron chi connectivity index (χ1n) is 12.9. The first-order chi connectivity index (χ1) is 18.8. The molecule has 38 heavy (non-hydrogen) atoms. The Morgan fingerprint density at radius 1 is 0.395 bits per heavy atom. The Hall–Kier alpha value is -4.66. The number of fused-ring (bicyclic) bond motifs is 8. The van der Waals surface area contributed by atoms with Crippen molar-refractivity contribution >= 4 is 80.9 Å². The van der Waals surface area contributed by atoms with Crippen LogP contribution in [0, 0.1) is 0 Å². The van der Waals surface area contributed by atoms with E-state index in [9.17, 15) is 0 Å².